The highest BCUT2D eigenvalue weighted by Crippen LogP contribution is 2.32. The molecule has 3 heterocycles. The van der Waals surface area contributed by atoms with E-state index in [1.54, 1.807) is 37.5 Å². The van der Waals surface area contributed by atoms with Crippen molar-refractivity contribution >= 4 is 29.1 Å². The molecule has 1 saturated heterocycles. The van der Waals surface area contributed by atoms with Gasteiger partial charge in [0, 0.05) is 60.6 Å². The Morgan fingerprint density at radius 3 is 2.74 bits per heavy atom. The van der Waals surface area contributed by atoms with Crippen LogP contribution in [0.1, 0.15) is 17.3 Å². The third-order valence-electron chi connectivity index (χ3n) is 5.13. The molecule has 0 bridgehead atoms. The Labute approximate surface area is 196 Å². The van der Waals surface area contributed by atoms with Crippen LogP contribution in [-0.4, -0.2) is 60.9 Å². The predicted octanol–water partition coefficient (Wildman–Crippen LogP) is 3.70. The second-order valence-electron chi connectivity index (χ2n) is 7.35. The fourth-order valence-electron chi connectivity index (χ4n) is 3.52. The minimum absolute atomic E-state index is 0.216. The Hall–Kier alpha value is -4.12. The molecule has 1 fully saturated rings. The van der Waals surface area contributed by atoms with Crippen LogP contribution in [0.4, 0.5) is 23.1 Å². The second-order valence-corrected chi connectivity index (χ2v) is 7.35. The van der Waals surface area contributed by atoms with E-state index in [0.29, 0.717) is 66.2 Å². The van der Waals surface area contributed by atoms with Gasteiger partial charge in [-0.1, -0.05) is 0 Å². The SMILES string of the molecule is CCOC(=O)c1cncc(-c2cnc(Nc3cc(N=O)cc(OC)c3)nc2N2CCOCC2)c1. The quantitative estimate of drug-likeness (QED) is 0.389. The topological polar surface area (TPSA) is 128 Å². The van der Waals surface area contributed by atoms with E-state index < -0.39 is 5.97 Å². The molecule has 0 spiro atoms. The molecule has 1 aliphatic heterocycles. The van der Waals surface area contributed by atoms with E-state index >= 15 is 0 Å². The number of methoxy groups -OCH3 is 1. The van der Waals surface area contributed by atoms with Gasteiger partial charge in [0.2, 0.25) is 5.95 Å². The van der Waals surface area contributed by atoms with Gasteiger partial charge in [0.15, 0.2) is 0 Å². The number of benzene rings is 1. The first kappa shape index (κ1) is 23.1. The molecular weight excluding hydrogens is 440 g/mol. The molecule has 0 radical (unpaired) electrons. The summed E-state index contributed by atoms with van der Waals surface area (Å²) in [4.78, 5) is 38.7. The Morgan fingerprint density at radius 2 is 2.00 bits per heavy atom. The number of hydrogen-bond acceptors (Lipinski definition) is 11. The Morgan fingerprint density at radius 1 is 1.18 bits per heavy atom. The van der Waals surface area contributed by atoms with Crippen LogP contribution >= 0.6 is 0 Å². The molecule has 1 N–H and O–H groups in total. The van der Waals surface area contributed by atoms with Crippen molar-refractivity contribution in [2.75, 3.05) is 50.2 Å². The van der Waals surface area contributed by atoms with E-state index in [1.165, 1.54) is 19.4 Å². The van der Waals surface area contributed by atoms with E-state index in [1.807, 2.05) is 0 Å². The standard InChI is InChI=1S/C23H24N6O5/c1-3-34-22(30)16-8-15(12-24-13-16)20-14-25-23(27-21(20)29-4-6-33-7-5-29)26-17-9-18(28-31)11-19(10-17)32-2/h8-14H,3-7H2,1-2H3,(H,25,26,27). The van der Waals surface area contributed by atoms with Gasteiger partial charge in [-0.05, 0) is 24.2 Å². The van der Waals surface area contributed by atoms with Crippen molar-refractivity contribution in [3.05, 3.63) is 53.3 Å². The summed E-state index contributed by atoms with van der Waals surface area (Å²) < 4.78 is 15.8. The molecule has 1 aliphatic rings. The Kier molecular flexibility index (Phi) is 7.23. The number of esters is 1. The number of aromatic nitrogens is 3. The number of morpholine rings is 1. The molecule has 3 aromatic rings. The van der Waals surface area contributed by atoms with E-state index in [2.05, 4.69) is 25.4 Å². The smallest absolute Gasteiger partial charge is 0.339 e. The number of nitroso groups, excluding NO2 is 1. The van der Waals surface area contributed by atoms with Gasteiger partial charge in [-0.2, -0.15) is 4.98 Å². The van der Waals surface area contributed by atoms with E-state index in [4.69, 9.17) is 19.2 Å². The molecule has 0 amide bonds. The summed E-state index contributed by atoms with van der Waals surface area (Å²) in [7, 11) is 1.51. The number of ether oxygens (including phenoxy) is 3. The highest BCUT2D eigenvalue weighted by molar-refractivity contribution is 5.91. The molecule has 11 nitrogen and oxygen atoms in total. The number of carbonyl (C=O) groups is 1. The largest absolute Gasteiger partial charge is 0.497 e. The monoisotopic (exact) mass is 464 g/mol. The summed E-state index contributed by atoms with van der Waals surface area (Å²) in [5.74, 6) is 1.03. The third kappa shape index (κ3) is 5.26. The fourth-order valence-corrected chi connectivity index (χ4v) is 3.52. The van der Waals surface area contributed by atoms with Crippen molar-refractivity contribution in [3.8, 4) is 16.9 Å². The number of anilines is 3. The van der Waals surface area contributed by atoms with Crippen LogP contribution in [0.25, 0.3) is 11.1 Å². The Balaban J connectivity index is 1.72. The first-order valence-electron chi connectivity index (χ1n) is 10.7. The van der Waals surface area contributed by atoms with Gasteiger partial charge in [-0.15, -0.1) is 4.91 Å². The lowest BCUT2D eigenvalue weighted by Crippen LogP contribution is -2.37. The predicted molar refractivity (Wildman–Crippen MR) is 126 cm³/mol. The van der Waals surface area contributed by atoms with Crippen LogP contribution < -0.4 is 15.0 Å². The van der Waals surface area contributed by atoms with Crippen LogP contribution in [0.2, 0.25) is 0 Å². The van der Waals surface area contributed by atoms with Gasteiger partial charge in [0.05, 0.1) is 32.5 Å². The first-order valence-corrected chi connectivity index (χ1v) is 10.7. The van der Waals surface area contributed by atoms with Crippen molar-refractivity contribution in [1.29, 1.82) is 0 Å². The minimum Gasteiger partial charge on any atom is -0.497 e. The number of nitrogens with zero attached hydrogens (tertiary/aromatic N) is 5. The summed E-state index contributed by atoms with van der Waals surface area (Å²) in [5, 5.41) is 6.09. The summed E-state index contributed by atoms with van der Waals surface area (Å²) in [6.45, 7) is 4.45. The van der Waals surface area contributed by atoms with Gasteiger partial charge < -0.3 is 24.4 Å². The third-order valence-corrected chi connectivity index (χ3v) is 5.13. The molecule has 0 aliphatic carbocycles. The molecule has 4 rings (SSSR count). The summed E-state index contributed by atoms with van der Waals surface area (Å²) in [6.07, 6.45) is 4.79. The number of nitrogens with one attached hydrogen (secondary N) is 1. The average molecular weight is 464 g/mol. The second kappa shape index (κ2) is 10.7. The highest BCUT2D eigenvalue weighted by atomic mass is 16.5. The molecule has 34 heavy (non-hydrogen) atoms. The van der Waals surface area contributed by atoms with Crippen LogP contribution in [0.5, 0.6) is 5.75 Å². The molecule has 0 unspecified atom stereocenters. The lowest BCUT2D eigenvalue weighted by Gasteiger charge is -2.29. The molecule has 0 atom stereocenters. The summed E-state index contributed by atoms with van der Waals surface area (Å²) >= 11 is 0. The normalized spacial score (nSPS) is 13.3. The number of hydrogen-bond donors (Lipinski definition) is 1. The fraction of sp³-hybridized carbons (Fsp3) is 0.304. The van der Waals surface area contributed by atoms with Crippen molar-refractivity contribution in [2.24, 2.45) is 5.18 Å². The van der Waals surface area contributed by atoms with Crippen LogP contribution in [0, 0.1) is 4.91 Å². The maximum atomic E-state index is 12.2. The van der Waals surface area contributed by atoms with Crippen LogP contribution in [0.3, 0.4) is 0 Å². The number of pyridine rings is 1. The maximum Gasteiger partial charge on any atom is 0.339 e. The van der Waals surface area contributed by atoms with Gasteiger partial charge in [-0.3, -0.25) is 4.98 Å². The van der Waals surface area contributed by atoms with Gasteiger partial charge in [-0.25, -0.2) is 9.78 Å². The van der Waals surface area contributed by atoms with Crippen molar-refractivity contribution in [3.63, 3.8) is 0 Å². The molecule has 1 aromatic carbocycles. The van der Waals surface area contributed by atoms with Gasteiger partial charge >= 0.3 is 5.97 Å². The lowest BCUT2D eigenvalue weighted by molar-refractivity contribution is 0.0526. The van der Waals surface area contributed by atoms with E-state index in [-0.39, 0.29) is 12.3 Å². The number of carbonyl (C=O) groups excluding carboxylic acids is 1. The zero-order valence-corrected chi connectivity index (χ0v) is 18.9. The molecule has 176 valence electrons. The average Bonchev–Trinajstić information content (AvgIpc) is 2.89. The van der Waals surface area contributed by atoms with Crippen molar-refractivity contribution in [2.45, 2.75) is 6.92 Å². The Bertz CT molecular complexity index is 1180. The van der Waals surface area contributed by atoms with Gasteiger partial charge in [0.1, 0.15) is 17.3 Å². The lowest BCUT2D eigenvalue weighted by atomic mass is 10.1. The minimum atomic E-state index is -0.443. The zero-order valence-electron chi connectivity index (χ0n) is 18.9. The van der Waals surface area contributed by atoms with Crippen LogP contribution in [-0.2, 0) is 9.47 Å². The highest BCUT2D eigenvalue weighted by Gasteiger charge is 2.20. The van der Waals surface area contributed by atoms with E-state index in [0.717, 1.165) is 0 Å². The van der Waals surface area contributed by atoms with Crippen molar-refractivity contribution in [1.82, 2.24) is 15.0 Å². The van der Waals surface area contributed by atoms with E-state index in [9.17, 15) is 9.70 Å². The van der Waals surface area contributed by atoms with Crippen molar-refractivity contribution < 1.29 is 19.0 Å². The maximum absolute atomic E-state index is 12.2. The summed E-state index contributed by atoms with van der Waals surface area (Å²) in [6, 6.07) is 6.54. The summed E-state index contributed by atoms with van der Waals surface area (Å²) in [5.41, 5.74) is 2.52. The van der Waals surface area contributed by atoms with Crippen LogP contribution in [0.15, 0.2) is 48.0 Å². The first-order chi connectivity index (χ1) is 16.6. The molecule has 0 saturated carbocycles. The number of rotatable bonds is 8. The molecule has 11 heteroatoms. The zero-order chi connectivity index (χ0) is 23.9. The molecule has 2 aromatic heterocycles. The molecular formula is C23H24N6O5. The van der Waals surface area contributed by atoms with Gasteiger partial charge in [0.25, 0.3) is 0 Å².